The number of hydrogen-bond donors (Lipinski definition) is 0. The number of ether oxygens (including phenoxy) is 1. The van der Waals surface area contributed by atoms with Crippen LogP contribution in [0.2, 0.25) is 0 Å². The molecular formula is C13H11NO3. The molecule has 0 spiro atoms. The van der Waals surface area contributed by atoms with Crippen molar-refractivity contribution in [3.05, 3.63) is 64.2 Å². The highest BCUT2D eigenvalue weighted by atomic mass is 16.6. The summed E-state index contributed by atoms with van der Waals surface area (Å²) in [5, 5.41) is 10.5. The summed E-state index contributed by atoms with van der Waals surface area (Å²) in [5.74, 6) is 1.30. The molecule has 17 heavy (non-hydrogen) atoms. The van der Waals surface area contributed by atoms with E-state index in [-0.39, 0.29) is 5.69 Å². The molecule has 2 rings (SSSR count). The summed E-state index contributed by atoms with van der Waals surface area (Å²) in [6.45, 7) is 2.00. The maximum absolute atomic E-state index is 10.5. The highest BCUT2D eigenvalue weighted by Gasteiger charge is 2.04. The summed E-state index contributed by atoms with van der Waals surface area (Å²) in [7, 11) is 0. The van der Waals surface area contributed by atoms with Gasteiger partial charge in [0.15, 0.2) is 0 Å². The zero-order chi connectivity index (χ0) is 12.3. The molecular weight excluding hydrogens is 218 g/mol. The minimum Gasteiger partial charge on any atom is -0.457 e. The Kier molecular flexibility index (Phi) is 3.05. The third-order valence-electron chi connectivity index (χ3n) is 2.30. The van der Waals surface area contributed by atoms with Crippen LogP contribution >= 0.6 is 0 Å². The number of benzene rings is 2. The van der Waals surface area contributed by atoms with Crippen LogP contribution in [-0.2, 0) is 0 Å². The van der Waals surface area contributed by atoms with Crippen LogP contribution < -0.4 is 4.74 Å². The molecule has 86 valence electrons. The van der Waals surface area contributed by atoms with Crippen LogP contribution in [0.25, 0.3) is 0 Å². The fourth-order valence-electron chi connectivity index (χ4n) is 1.38. The van der Waals surface area contributed by atoms with Gasteiger partial charge in [-0.3, -0.25) is 10.1 Å². The largest absolute Gasteiger partial charge is 0.457 e. The Morgan fingerprint density at radius 2 is 1.41 bits per heavy atom. The van der Waals surface area contributed by atoms with Crippen LogP contribution in [0.3, 0.4) is 0 Å². The molecule has 0 radical (unpaired) electrons. The number of non-ortho nitro benzene ring substituents is 1. The van der Waals surface area contributed by atoms with Gasteiger partial charge in [-0.2, -0.15) is 0 Å². The Morgan fingerprint density at radius 1 is 0.941 bits per heavy atom. The lowest BCUT2D eigenvalue weighted by atomic mass is 10.2. The predicted octanol–water partition coefficient (Wildman–Crippen LogP) is 3.70. The first kappa shape index (κ1) is 11.1. The lowest BCUT2D eigenvalue weighted by molar-refractivity contribution is -0.384. The number of rotatable bonds is 3. The van der Waals surface area contributed by atoms with Crippen molar-refractivity contribution in [2.75, 3.05) is 0 Å². The Morgan fingerprint density at radius 3 is 1.88 bits per heavy atom. The zero-order valence-corrected chi connectivity index (χ0v) is 9.29. The van der Waals surface area contributed by atoms with E-state index in [4.69, 9.17) is 4.74 Å². The second-order valence-electron chi connectivity index (χ2n) is 3.67. The summed E-state index contributed by atoms with van der Waals surface area (Å²) in [5.41, 5.74) is 1.21. The van der Waals surface area contributed by atoms with E-state index in [2.05, 4.69) is 0 Å². The van der Waals surface area contributed by atoms with Crippen molar-refractivity contribution in [3.8, 4) is 11.5 Å². The first-order chi connectivity index (χ1) is 8.15. The van der Waals surface area contributed by atoms with Crippen molar-refractivity contribution in [2.24, 2.45) is 0 Å². The molecule has 0 saturated heterocycles. The lowest BCUT2D eigenvalue weighted by Crippen LogP contribution is -1.88. The maximum Gasteiger partial charge on any atom is 0.269 e. The Hall–Kier alpha value is -2.36. The van der Waals surface area contributed by atoms with Crippen LogP contribution in [0.1, 0.15) is 5.56 Å². The fraction of sp³-hybridized carbons (Fsp3) is 0.0769. The van der Waals surface area contributed by atoms with Crippen molar-refractivity contribution in [3.63, 3.8) is 0 Å². The predicted molar refractivity (Wildman–Crippen MR) is 64.3 cm³/mol. The molecule has 0 aliphatic heterocycles. The molecule has 4 nitrogen and oxygen atoms in total. The van der Waals surface area contributed by atoms with Crippen LogP contribution in [0.15, 0.2) is 48.5 Å². The summed E-state index contributed by atoms with van der Waals surface area (Å²) in [6.07, 6.45) is 0. The molecule has 0 fully saturated rings. The van der Waals surface area contributed by atoms with E-state index in [1.807, 2.05) is 31.2 Å². The van der Waals surface area contributed by atoms with Gasteiger partial charge in [0.05, 0.1) is 4.92 Å². The molecule has 0 aliphatic rings. The standard InChI is InChI=1S/C13H11NO3/c1-10-2-6-12(7-3-10)17-13-8-4-11(5-9-13)14(15)16/h2-9H,1H3. The van der Waals surface area contributed by atoms with Crippen molar-refractivity contribution >= 4 is 5.69 Å². The van der Waals surface area contributed by atoms with Crippen LogP contribution in [-0.4, -0.2) is 4.92 Å². The van der Waals surface area contributed by atoms with Gasteiger partial charge in [0.1, 0.15) is 11.5 Å². The van der Waals surface area contributed by atoms with E-state index < -0.39 is 4.92 Å². The highest BCUT2D eigenvalue weighted by Crippen LogP contribution is 2.23. The second kappa shape index (κ2) is 4.65. The first-order valence-corrected chi connectivity index (χ1v) is 5.14. The van der Waals surface area contributed by atoms with E-state index in [1.165, 1.54) is 12.1 Å². The molecule has 4 heteroatoms. The van der Waals surface area contributed by atoms with Gasteiger partial charge in [-0.1, -0.05) is 17.7 Å². The van der Waals surface area contributed by atoms with Gasteiger partial charge >= 0.3 is 0 Å². The van der Waals surface area contributed by atoms with Crippen molar-refractivity contribution < 1.29 is 9.66 Å². The van der Waals surface area contributed by atoms with Crippen LogP contribution in [0, 0.1) is 17.0 Å². The minimum absolute atomic E-state index is 0.0567. The molecule has 0 N–H and O–H groups in total. The molecule has 0 saturated carbocycles. The maximum atomic E-state index is 10.5. The topological polar surface area (TPSA) is 52.4 Å². The smallest absolute Gasteiger partial charge is 0.269 e. The molecule has 0 unspecified atom stereocenters. The molecule has 0 aliphatic carbocycles. The van der Waals surface area contributed by atoms with Gasteiger partial charge in [-0.05, 0) is 31.2 Å². The van der Waals surface area contributed by atoms with Gasteiger partial charge in [0, 0.05) is 12.1 Å². The average molecular weight is 229 g/mol. The lowest BCUT2D eigenvalue weighted by Gasteiger charge is -2.05. The number of nitro groups is 1. The Labute approximate surface area is 98.6 Å². The van der Waals surface area contributed by atoms with Gasteiger partial charge in [-0.25, -0.2) is 0 Å². The Bertz CT molecular complexity index is 517. The van der Waals surface area contributed by atoms with Gasteiger partial charge in [0.25, 0.3) is 5.69 Å². The van der Waals surface area contributed by atoms with E-state index in [0.717, 1.165) is 5.56 Å². The normalized spacial score (nSPS) is 9.94. The van der Waals surface area contributed by atoms with Gasteiger partial charge < -0.3 is 4.74 Å². The van der Waals surface area contributed by atoms with E-state index in [1.54, 1.807) is 12.1 Å². The Balaban J connectivity index is 2.13. The van der Waals surface area contributed by atoms with Crippen molar-refractivity contribution in [1.82, 2.24) is 0 Å². The van der Waals surface area contributed by atoms with E-state index in [9.17, 15) is 10.1 Å². The number of nitrogens with zero attached hydrogens (tertiary/aromatic N) is 1. The molecule has 0 atom stereocenters. The summed E-state index contributed by atoms with van der Waals surface area (Å²) < 4.78 is 5.55. The van der Waals surface area contributed by atoms with E-state index in [0.29, 0.717) is 11.5 Å². The molecule has 0 heterocycles. The molecule has 0 amide bonds. The van der Waals surface area contributed by atoms with Crippen molar-refractivity contribution in [2.45, 2.75) is 6.92 Å². The summed E-state index contributed by atoms with van der Waals surface area (Å²) >= 11 is 0. The third-order valence-corrected chi connectivity index (χ3v) is 2.30. The fourth-order valence-corrected chi connectivity index (χ4v) is 1.38. The summed E-state index contributed by atoms with van der Waals surface area (Å²) in [6, 6.07) is 13.6. The average Bonchev–Trinajstić information content (AvgIpc) is 2.33. The molecule has 2 aromatic rings. The minimum atomic E-state index is -0.435. The molecule has 0 bridgehead atoms. The highest BCUT2D eigenvalue weighted by molar-refractivity contribution is 5.38. The van der Waals surface area contributed by atoms with Gasteiger partial charge in [0.2, 0.25) is 0 Å². The zero-order valence-electron chi connectivity index (χ0n) is 9.29. The third kappa shape index (κ3) is 2.81. The second-order valence-corrected chi connectivity index (χ2v) is 3.67. The van der Waals surface area contributed by atoms with Gasteiger partial charge in [-0.15, -0.1) is 0 Å². The molecule has 0 aromatic heterocycles. The first-order valence-electron chi connectivity index (χ1n) is 5.14. The number of aryl methyl sites for hydroxylation is 1. The summed E-state index contributed by atoms with van der Waals surface area (Å²) in [4.78, 5) is 10.0. The molecule has 2 aromatic carbocycles. The quantitative estimate of drug-likeness (QED) is 0.595. The van der Waals surface area contributed by atoms with E-state index >= 15 is 0 Å². The number of nitro benzene ring substituents is 1. The van der Waals surface area contributed by atoms with Crippen LogP contribution in [0.4, 0.5) is 5.69 Å². The monoisotopic (exact) mass is 229 g/mol. The van der Waals surface area contributed by atoms with Crippen molar-refractivity contribution in [1.29, 1.82) is 0 Å². The number of hydrogen-bond acceptors (Lipinski definition) is 3. The van der Waals surface area contributed by atoms with Crippen LogP contribution in [0.5, 0.6) is 11.5 Å². The SMILES string of the molecule is Cc1ccc(Oc2ccc([N+](=O)[O-])cc2)cc1.